The molecule has 5 rings (SSSR count). The molecule has 0 bridgehead atoms. The molecule has 2 aliphatic rings. The van der Waals surface area contributed by atoms with Crippen molar-refractivity contribution in [3.8, 4) is 28.7 Å². The van der Waals surface area contributed by atoms with Gasteiger partial charge in [0.15, 0.2) is 0 Å². The highest BCUT2D eigenvalue weighted by Gasteiger charge is 2.60. The summed E-state index contributed by atoms with van der Waals surface area (Å²) < 4.78 is 46.9. The van der Waals surface area contributed by atoms with E-state index in [1.54, 1.807) is 32.5 Å². The maximum atomic E-state index is 15.7. The summed E-state index contributed by atoms with van der Waals surface area (Å²) in [7, 11) is 1.61. The van der Waals surface area contributed by atoms with Gasteiger partial charge in [0, 0.05) is 35.0 Å². The van der Waals surface area contributed by atoms with Crippen molar-refractivity contribution in [2.24, 2.45) is 16.6 Å². The molecule has 1 saturated carbocycles. The van der Waals surface area contributed by atoms with Crippen molar-refractivity contribution in [1.82, 2.24) is 4.98 Å². The number of nitrogens with two attached hydrogens (primary N) is 1. The zero-order valence-electron chi connectivity index (χ0n) is 20.6. The summed E-state index contributed by atoms with van der Waals surface area (Å²) >= 11 is 0. The second-order valence-electron chi connectivity index (χ2n) is 9.17. The van der Waals surface area contributed by atoms with Crippen LogP contribution in [-0.2, 0) is 28.2 Å². The van der Waals surface area contributed by atoms with Crippen LogP contribution in [0.15, 0.2) is 59.9 Å². The summed E-state index contributed by atoms with van der Waals surface area (Å²) in [5, 5.41) is 0. The Morgan fingerprint density at radius 1 is 1.16 bits per heavy atom. The van der Waals surface area contributed by atoms with Crippen molar-refractivity contribution in [2.45, 2.75) is 38.2 Å². The van der Waals surface area contributed by atoms with Gasteiger partial charge in [0.1, 0.15) is 29.9 Å². The lowest BCUT2D eigenvalue weighted by Crippen LogP contribution is -2.39. The molecule has 190 valence electrons. The molecule has 2 N–H and O–H groups in total. The lowest BCUT2D eigenvalue weighted by molar-refractivity contribution is 0.107. The van der Waals surface area contributed by atoms with Gasteiger partial charge < -0.3 is 19.9 Å². The van der Waals surface area contributed by atoms with E-state index in [-0.39, 0.29) is 30.2 Å². The third kappa shape index (κ3) is 4.87. The molecule has 1 aromatic heterocycles. The number of hydrogen-bond donors (Lipinski definition) is 1. The number of methoxy groups -OCH3 is 1. The Morgan fingerprint density at radius 3 is 2.70 bits per heavy atom. The summed E-state index contributed by atoms with van der Waals surface area (Å²) in [5.74, 6) is 5.77. The predicted molar refractivity (Wildman–Crippen MR) is 136 cm³/mol. The Labute approximate surface area is 214 Å². The number of hydrogen-bond acceptors (Lipinski definition) is 6. The lowest BCUT2D eigenvalue weighted by Gasteiger charge is -2.32. The molecule has 1 fully saturated rings. The van der Waals surface area contributed by atoms with Crippen molar-refractivity contribution in [3.05, 3.63) is 82.9 Å². The summed E-state index contributed by atoms with van der Waals surface area (Å²) in [6.45, 7) is 1.31. The van der Waals surface area contributed by atoms with Gasteiger partial charge in [-0.2, -0.15) is 0 Å². The number of pyridine rings is 1. The first kappa shape index (κ1) is 24.7. The smallest absolute Gasteiger partial charge is 0.283 e. The Kier molecular flexibility index (Phi) is 6.81. The summed E-state index contributed by atoms with van der Waals surface area (Å²) in [6.07, 6.45) is 3.65. The lowest BCUT2D eigenvalue weighted by atomic mass is 9.83. The van der Waals surface area contributed by atoms with Crippen LogP contribution in [0.25, 0.3) is 11.1 Å². The summed E-state index contributed by atoms with van der Waals surface area (Å²) in [5.41, 5.74) is 8.22. The molecule has 3 unspecified atom stereocenters. The van der Waals surface area contributed by atoms with E-state index in [1.807, 2.05) is 30.3 Å². The molecule has 2 heterocycles. The van der Waals surface area contributed by atoms with Crippen molar-refractivity contribution in [2.75, 3.05) is 13.8 Å². The standard InChI is InChI=1S/C29H27F2N3O3/c1-3-4-19-9-20(14-33-13-19)23-11-24(29(17-30)25-12-27(25)37-28(32)34-29)26(31)10-21(23)16-36-15-18-5-7-22(35-2)8-6-18/h5-11,13-14,25,27H,12,15-17H2,1-2H3,(H2,32,34). The van der Waals surface area contributed by atoms with Crippen LogP contribution in [0.1, 0.15) is 35.6 Å². The first-order chi connectivity index (χ1) is 18.0. The molecule has 37 heavy (non-hydrogen) atoms. The fraction of sp³-hybridized carbons (Fsp3) is 0.310. The maximum Gasteiger partial charge on any atom is 0.283 e. The van der Waals surface area contributed by atoms with Crippen LogP contribution in [0.4, 0.5) is 8.78 Å². The topological polar surface area (TPSA) is 79.0 Å². The van der Waals surface area contributed by atoms with Crippen LogP contribution < -0.4 is 10.5 Å². The van der Waals surface area contributed by atoms with E-state index in [9.17, 15) is 4.39 Å². The normalized spacial score (nSPS) is 21.7. The highest BCUT2D eigenvalue weighted by Crippen LogP contribution is 2.54. The Balaban J connectivity index is 1.53. The number of amidine groups is 1. The van der Waals surface area contributed by atoms with Gasteiger partial charge in [0.2, 0.25) is 0 Å². The number of fused-ring (bicyclic) bond motifs is 1. The molecule has 2 aromatic carbocycles. The second kappa shape index (κ2) is 10.2. The van der Waals surface area contributed by atoms with E-state index in [0.717, 1.165) is 16.9 Å². The number of halogens is 2. The predicted octanol–water partition coefficient (Wildman–Crippen LogP) is 4.88. The number of rotatable bonds is 8. The fourth-order valence-electron chi connectivity index (χ4n) is 4.86. The summed E-state index contributed by atoms with van der Waals surface area (Å²) in [6, 6.07) is 12.3. The Hall–Kier alpha value is -3.96. The van der Waals surface area contributed by atoms with E-state index in [0.29, 0.717) is 29.7 Å². The van der Waals surface area contributed by atoms with Crippen LogP contribution in [0.5, 0.6) is 5.75 Å². The maximum absolute atomic E-state index is 15.7. The van der Waals surface area contributed by atoms with Gasteiger partial charge in [0.25, 0.3) is 6.02 Å². The van der Waals surface area contributed by atoms with Gasteiger partial charge in [-0.3, -0.25) is 4.98 Å². The van der Waals surface area contributed by atoms with E-state index >= 15 is 4.39 Å². The minimum absolute atomic E-state index is 0.119. The van der Waals surface area contributed by atoms with Gasteiger partial charge in [-0.1, -0.05) is 18.1 Å². The monoisotopic (exact) mass is 503 g/mol. The zero-order valence-corrected chi connectivity index (χ0v) is 20.6. The fourth-order valence-corrected chi connectivity index (χ4v) is 4.86. The highest BCUT2D eigenvalue weighted by atomic mass is 19.1. The van der Waals surface area contributed by atoms with Crippen LogP contribution >= 0.6 is 0 Å². The number of alkyl halides is 1. The van der Waals surface area contributed by atoms with Crippen molar-refractivity contribution >= 4 is 6.02 Å². The van der Waals surface area contributed by atoms with Crippen molar-refractivity contribution in [3.63, 3.8) is 0 Å². The molecule has 1 aliphatic heterocycles. The van der Waals surface area contributed by atoms with Crippen molar-refractivity contribution in [1.29, 1.82) is 0 Å². The Bertz CT molecular complexity index is 1400. The second-order valence-corrected chi connectivity index (χ2v) is 9.17. The van der Waals surface area contributed by atoms with Crippen LogP contribution in [-0.4, -0.2) is 30.9 Å². The average molecular weight is 504 g/mol. The summed E-state index contributed by atoms with van der Waals surface area (Å²) in [4.78, 5) is 8.60. The number of nitrogens with zero attached hydrogens (tertiary/aromatic N) is 2. The molecule has 8 heteroatoms. The quantitative estimate of drug-likeness (QED) is 0.443. The molecule has 6 nitrogen and oxygen atoms in total. The highest BCUT2D eigenvalue weighted by molar-refractivity contribution is 5.75. The van der Waals surface area contributed by atoms with E-state index in [1.165, 1.54) is 6.07 Å². The molecule has 1 aliphatic carbocycles. The molecule has 0 amide bonds. The van der Waals surface area contributed by atoms with Crippen molar-refractivity contribution < 1.29 is 23.0 Å². The van der Waals surface area contributed by atoms with Gasteiger partial charge in [-0.05, 0) is 60.4 Å². The van der Waals surface area contributed by atoms with Crippen LogP contribution in [0.3, 0.4) is 0 Å². The SMILES string of the molecule is CC#Cc1cncc(-c2cc(C3(CF)N=C(N)OC4CC43)c(F)cc2COCc2ccc(OC)cc2)c1. The molecule has 3 atom stereocenters. The zero-order chi connectivity index (χ0) is 26.0. The molecular formula is C29H27F2N3O3. The number of aromatic nitrogens is 1. The third-order valence-electron chi connectivity index (χ3n) is 6.79. The number of aliphatic imine (C=N–C) groups is 1. The van der Waals surface area contributed by atoms with Crippen LogP contribution in [0.2, 0.25) is 0 Å². The average Bonchev–Trinajstić information content (AvgIpc) is 3.69. The molecule has 0 spiro atoms. The molecule has 0 radical (unpaired) electrons. The molecule has 0 saturated heterocycles. The molecule has 3 aromatic rings. The van der Waals surface area contributed by atoms with Crippen LogP contribution in [0, 0.1) is 23.6 Å². The first-order valence-electron chi connectivity index (χ1n) is 12.0. The third-order valence-corrected chi connectivity index (χ3v) is 6.79. The Morgan fingerprint density at radius 2 is 1.97 bits per heavy atom. The number of ether oxygens (including phenoxy) is 3. The van der Waals surface area contributed by atoms with E-state index in [2.05, 4.69) is 21.8 Å². The number of benzene rings is 2. The molecular weight excluding hydrogens is 476 g/mol. The van der Waals surface area contributed by atoms with Gasteiger partial charge in [-0.15, -0.1) is 5.92 Å². The van der Waals surface area contributed by atoms with Gasteiger partial charge in [0.05, 0.1) is 20.3 Å². The van der Waals surface area contributed by atoms with E-state index < -0.39 is 18.0 Å². The minimum Gasteiger partial charge on any atom is -0.497 e. The van der Waals surface area contributed by atoms with E-state index in [4.69, 9.17) is 19.9 Å². The van der Waals surface area contributed by atoms with Gasteiger partial charge in [-0.25, -0.2) is 13.8 Å². The first-order valence-corrected chi connectivity index (χ1v) is 12.0. The van der Waals surface area contributed by atoms with Gasteiger partial charge >= 0.3 is 0 Å². The largest absolute Gasteiger partial charge is 0.497 e. The minimum atomic E-state index is -1.43.